The summed E-state index contributed by atoms with van der Waals surface area (Å²) >= 11 is 6.01. The van der Waals surface area contributed by atoms with Crippen molar-refractivity contribution in [3.05, 3.63) is 64.8 Å². The normalized spacial score (nSPS) is 10.4. The topological polar surface area (TPSA) is 94.2 Å². The second-order valence-corrected chi connectivity index (χ2v) is 5.55. The van der Waals surface area contributed by atoms with Crippen LogP contribution in [0.15, 0.2) is 48.5 Å². The SMILES string of the molecule is CCOC(=O)c1n[nH]nc1-c1cccc(OC(=O)c2ccccc2Cl)c1. The number of rotatable bonds is 5. The molecule has 0 radical (unpaired) electrons. The Morgan fingerprint density at radius 3 is 2.65 bits per heavy atom. The molecular formula is C18H14ClN3O4. The summed E-state index contributed by atoms with van der Waals surface area (Å²) in [6, 6.07) is 13.2. The maximum atomic E-state index is 12.3. The van der Waals surface area contributed by atoms with Crippen LogP contribution in [-0.4, -0.2) is 34.0 Å². The number of hydrogen-bond acceptors (Lipinski definition) is 6. The molecule has 1 N–H and O–H groups in total. The van der Waals surface area contributed by atoms with Gasteiger partial charge < -0.3 is 9.47 Å². The molecule has 0 saturated carbocycles. The van der Waals surface area contributed by atoms with Crippen molar-refractivity contribution in [3.8, 4) is 17.0 Å². The number of nitrogens with one attached hydrogen (secondary N) is 1. The summed E-state index contributed by atoms with van der Waals surface area (Å²) in [6.07, 6.45) is 0. The summed E-state index contributed by atoms with van der Waals surface area (Å²) in [4.78, 5) is 24.2. The van der Waals surface area contributed by atoms with Crippen molar-refractivity contribution in [1.29, 1.82) is 0 Å². The molecular weight excluding hydrogens is 358 g/mol. The van der Waals surface area contributed by atoms with Crippen LogP contribution >= 0.6 is 11.6 Å². The number of nitrogens with zero attached hydrogens (tertiary/aromatic N) is 2. The van der Waals surface area contributed by atoms with E-state index in [0.717, 1.165) is 0 Å². The van der Waals surface area contributed by atoms with Crippen LogP contribution in [0.1, 0.15) is 27.8 Å². The molecule has 0 unspecified atom stereocenters. The Hall–Kier alpha value is -3.19. The number of aromatic nitrogens is 3. The van der Waals surface area contributed by atoms with Gasteiger partial charge in [-0.25, -0.2) is 9.59 Å². The lowest BCUT2D eigenvalue weighted by Crippen LogP contribution is -2.09. The van der Waals surface area contributed by atoms with E-state index in [1.807, 2.05) is 0 Å². The third-order valence-electron chi connectivity index (χ3n) is 3.43. The molecule has 0 spiro atoms. The number of carbonyl (C=O) groups excluding carboxylic acids is 2. The zero-order valence-corrected chi connectivity index (χ0v) is 14.5. The molecule has 1 aromatic heterocycles. The summed E-state index contributed by atoms with van der Waals surface area (Å²) in [7, 11) is 0. The number of carbonyl (C=O) groups is 2. The number of H-pyrrole nitrogens is 1. The highest BCUT2D eigenvalue weighted by Gasteiger charge is 2.20. The molecule has 3 aromatic rings. The molecule has 0 bridgehead atoms. The monoisotopic (exact) mass is 371 g/mol. The molecule has 0 saturated heterocycles. The Kier molecular flexibility index (Phi) is 5.28. The van der Waals surface area contributed by atoms with Gasteiger partial charge in [0.2, 0.25) is 0 Å². The van der Waals surface area contributed by atoms with Crippen LogP contribution in [0, 0.1) is 0 Å². The minimum absolute atomic E-state index is 0.0569. The second-order valence-electron chi connectivity index (χ2n) is 5.14. The number of aromatic amines is 1. The van der Waals surface area contributed by atoms with E-state index in [2.05, 4.69) is 15.4 Å². The highest BCUT2D eigenvalue weighted by atomic mass is 35.5. The van der Waals surface area contributed by atoms with Crippen molar-refractivity contribution < 1.29 is 19.1 Å². The fraction of sp³-hybridized carbons (Fsp3) is 0.111. The Bertz CT molecular complexity index is 955. The number of hydrogen-bond donors (Lipinski definition) is 1. The highest BCUT2D eigenvalue weighted by molar-refractivity contribution is 6.33. The first-order chi connectivity index (χ1) is 12.6. The average Bonchev–Trinajstić information content (AvgIpc) is 3.12. The predicted octanol–water partition coefficient (Wildman–Crippen LogP) is 3.52. The largest absolute Gasteiger partial charge is 0.461 e. The lowest BCUT2D eigenvalue weighted by molar-refractivity contribution is 0.0520. The Morgan fingerprint density at radius 1 is 1.08 bits per heavy atom. The Morgan fingerprint density at radius 2 is 1.88 bits per heavy atom. The molecule has 0 aliphatic heterocycles. The quantitative estimate of drug-likeness (QED) is 0.544. The average molecular weight is 372 g/mol. The van der Waals surface area contributed by atoms with E-state index in [-0.39, 0.29) is 23.6 Å². The van der Waals surface area contributed by atoms with Crippen LogP contribution in [0.4, 0.5) is 0 Å². The standard InChI is InChI=1S/C18H14ClN3O4/c1-2-25-18(24)16-15(20-22-21-16)11-6-5-7-12(10-11)26-17(23)13-8-3-4-9-14(13)19/h3-10H,2H2,1H3,(H,20,21,22). The van der Waals surface area contributed by atoms with Crippen molar-refractivity contribution >= 4 is 23.5 Å². The van der Waals surface area contributed by atoms with Crippen molar-refractivity contribution in [1.82, 2.24) is 15.4 Å². The van der Waals surface area contributed by atoms with Crippen LogP contribution in [0.2, 0.25) is 5.02 Å². The minimum Gasteiger partial charge on any atom is -0.461 e. The second kappa shape index (κ2) is 7.79. The van der Waals surface area contributed by atoms with Crippen LogP contribution in [-0.2, 0) is 4.74 Å². The van der Waals surface area contributed by atoms with Gasteiger partial charge in [-0.3, -0.25) is 0 Å². The third kappa shape index (κ3) is 3.73. The van der Waals surface area contributed by atoms with Gasteiger partial charge in [0, 0.05) is 5.56 Å². The summed E-state index contributed by atoms with van der Waals surface area (Å²) in [5, 5.41) is 10.5. The van der Waals surface area contributed by atoms with Gasteiger partial charge in [-0.1, -0.05) is 35.9 Å². The first kappa shape index (κ1) is 17.6. The van der Waals surface area contributed by atoms with E-state index >= 15 is 0 Å². The number of esters is 2. The first-order valence-electron chi connectivity index (χ1n) is 7.75. The maximum Gasteiger partial charge on any atom is 0.361 e. The molecule has 0 fully saturated rings. The fourth-order valence-electron chi connectivity index (χ4n) is 2.27. The fourth-order valence-corrected chi connectivity index (χ4v) is 2.48. The van der Waals surface area contributed by atoms with Crippen LogP contribution in [0.5, 0.6) is 5.75 Å². The van der Waals surface area contributed by atoms with E-state index in [1.54, 1.807) is 55.5 Å². The van der Waals surface area contributed by atoms with E-state index < -0.39 is 11.9 Å². The molecule has 132 valence electrons. The molecule has 3 rings (SSSR count). The van der Waals surface area contributed by atoms with E-state index in [1.165, 1.54) is 0 Å². The van der Waals surface area contributed by atoms with E-state index in [4.69, 9.17) is 21.1 Å². The van der Waals surface area contributed by atoms with Gasteiger partial charge in [0.25, 0.3) is 0 Å². The van der Waals surface area contributed by atoms with E-state index in [0.29, 0.717) is 16.3 Å². The zero-order chi connectivity index (χ0) is 18.5. The van der Waals surface area contributed by atoms with Gasteiger partial charge >= 0.3 is 11.9 Å². The van der Waals surface area contributed by atoms with Crippen LogP contribution < -0.4 is 4.74 Å². The van der Waals surface area contributed by atoms with Crippen molar-refractivity contribution in [2.45, 2.75) is 6.92 Å². The Balaban J connectivity index is 1.86. The molecule has 0 atom stereocenters. The zero-order valence-electron chi connectivity index (χ0n) is 13.7. The van der Waals surface area contributed by atoms with Gasteiger partial charge in [0.05, 0.1) is 17.2 Å². The van der Waals surface area contributed by atoms with Gasteiger partial charge in [-0.15, -0.1) is 5.10 Å². The first-order valence-corrected chi connectivity index (χ1v) is 8.13. The summed E-state index contributed by atoms with van der Waals surface area (Å²) < 4.78 is 10.3. The molecule has 26 heavy (non-hydrogen) atoms. The van der Waals surface area contributed by atoms with Crippen LogP contribution in [0.3, 0.4) is 0 Å². The van der Waals surface area contributed by atoms with Gasteiger partial charge in [-0.2, -0.15) is 10.3 Å². The van der Waals surface area contributed by atoms with Crippen molar-refractivity contribution in [2.75, 3.05) is 6.61 Å². The van der Waals surface area contributed by atoms with Crippen molar-refractivity contribution in [2.24, 2.45) is 0 Å². The van der Waals surface area contributed by atoms with Crippen LogP contribution in [0.25, 0.3) is 11.3 Å². The lowest BCUT2D eigenvalue weighted by atomic mass is 10.1. The highest BCUT2D eigenvalue weighted by Crippen LogP contribution is 2.26. The van der Waals surface area contributed by atoms with Gasteiger partial charge in [0.15, 0.2) is 5.69 Å². The third-order valence-corrected chi connectivity index (χ3v) is 3.76. The molecule has 0 amide bonds. The lowest BCUT2D eigenvalue weighted by Gasteiger charge is -2.07. The minimum atomic E-state index is -0.588. The smallest absolute Gasteiger partial charge is 0.361 e. The molecule has 0 aliphatic carbocycles. The summed E-state index contributed by atoms with van der Waals surface area (Å²) in [5.74, 6) is -0.890. The predicted molar refractivity (Wildman–Crippen MR) is 94.2 cm³/mol. The number of benzene rings is 2. The number of ether oxygens (including phenoxy) is 2. The molecule has 0 aliphatic rings. The summed E-state index contributed by atoms with van der Waals surface area (Å²) in [5.41, 5.74) is 1.17. The molecule has 7 nitrogen and oxygen atoms in total. The molecule has 1 heterocycles. The maximum absolute atomic E-state index is 12.3. The Labute approximate surface area is 153 Å². The number of halogens is 1. The van der Waals surface area contributed by atoms with Crippen molar-refractivity contribution in [3.63, 3.8) is 0 Å². The van der Waals surface area contributed by atoms with E-state index in [9.17, 15) is 9.59 Å². The van der Waals surface area contributed by atoms with Gasteiger partial charge in [0.1, 0.15) is 11.4 Å². The molecule has 8 heteroatoms. The molecule has 2 aromatic carbocycles. The van der Waals surface area contributed by atoms with Gasteiger partial charge in [-0.05, 0) is 31.2 Å². The summed E-state index contributed by atoms with van der Waals surface area (Å²) in [6.45, 7) is 1.92.